The largest absolute Gasteiger partial charge is 0.392 e. The van der Waals surface area contributed by atoms with Gasteiger partial charge in [0.1, 0.15) is 5.76 Å². The summed E-state index contributed by atoms with van der Waals surface area (Å²) in [6.45, 7) is 2.00. The molecule has 9 heavy (non-hydrogen) atoms. The first kappa shape index (κ1) is 5.90. The molecule has 0 radical (unpaired) electrons. The van der Waals surface area contributed by atoms with Crippen molar-refractivity contribution in [2.24, 2.45) is 0 Å². The van der Waals surface area contributed by atoms with Crippen molar-refractivity contribution in [1.82, 2.24) is 0 Å². The summed E-state index contributed by atoms with van der Waals surface area (Å²) in [5.74, 6) is 0.745. The fraction of sp³-hybridized carbons (Fsp3) is 0.286. The Labute approximate surface area is 54.0 Å². The van der Waals surface area contributed by atoms with E-state index in [0.717, 1.165) is 12.2 Å². The molecule has 2 nitrogen and oxygen atoms in total. The molecule has 0 spiro atoms. The van der Waals surface area contributed by atoms with Gasteiger partial charge in [-0.3, -0.25) is 0 Å². The first-order chi connectivity index (χ1) is 4.33. The Kier molecular flexibility index (Phi) is 1.55. The van der Waals surface area contributed by atoms with Gasteiger partial charge in [0.05, 0.1) is 0 Å². The van der Waals surface area contributed by atoms with Crippen LogP contribution < -0.4 is 0 Å². The minimum atomic E-state index is 0.745. The zero-order valence-electron chi connectivity index (χ0n) is 5.22. The standard InChI is InChI=1S/C7H7NO/c1-6-2-3-7(4-6)9-5-8/h2-3H,4H2,1H3. The fourth-order valence-corrected chi connectivity index (χ4v) is 0.757. The molecule has 1 rings (SSSR count). The van der Waals surface area contributed by atoms with Crippen LogP contribution in [0, 0.1) is 11.5 Å². The molecule has 0 aromatic heterocycles. The van der Waals surface area contributed by atoms with Crippen LogP contribution in [0.25, 0.3) is 0 Å². The van der Waals surface area contributed by atoms with Crippen molar-refractivity contribution in [3.63, 3.8) is 0 Å². The van der Waals surface area contributed by atoms with E-state index in [1.54, 1.807) is 6.26 Å². The van der Waals surface area contributed by atoms with E-state index < -0.39 is 0 Å². The van der Waals surface area contributed by atoms with Crippen LogP contribution in [0.3, 0.4) is 0 Å². The van der Waals surface area contributed by atoms with E-state index in [-0.39, 0.29) is 0 Å². The van der Waals surface area contributed by atoms with Crippen molar-refractivity contribution >= 4 is 0 Å². The average molecular weight is 121 g/mol. The molecule has 0 saturated carbocycles. The van der Waals surface area contributed by atoms with Crippen molar-refractivity contribution in [1.29, 1.82) is 5.26 Å². The van der Waals surface area contributed by atoms with Crippen LogP contribution in [0.4, 0.5) is 0 Å². The summed E-state index contributed by atoms with van der Waals surface area (Å²) in [6, 6.07) is 0. The van der Waals surface area contributed by atoms with Crippen molar-refractivity contribution < 1.29 is 4.74 Å². The summed E-state index contributed by atoms with van der Waals surface area (Å²) in [7, 11) is 0. The maximum absolute atomic E-state index is 8.08. The lowest BCUT2D eigenvalue weighted by Crippen LogP contribution is -1.80. The number of nitriles is 1. The number of hydrogen-bond donors (Lipinski definition) is 0. The van der Waals surface area contributed by atoms with E-state index in [0.29, 0.717) is 0 Å². The molecule has 0 fully saturated rings. The molecule has 0 atom stereocenters. The van der Waals surface area contributed by atoms with Crippen LogP contribution in [0.2, 0.25) is 0 Å². The quantitative estimate of drug-likeness (QED) is 0.495. The summed E-state index contributed by atoms with van der Waals surface area (Å²) in [4.78, 5) is 0. The van der Waals surface area contributed by atoms with E-state index >= 15 is 0 Å². The third kappa shape index (κ3) is 1.33. The third-order valence-corrected chi connectivity index (χ3v) is 1.18. The Hall–Kier alpha value is -1.23. The molecule has 1 aliphatic carbocycles. The maximum Gasteiger partial charge on any atom is 0.291 e. The van der Waals surface area contributed by atoms with E-state index in [1.807, 2.05) is 19.1 Å². The van der Waals surface area contributed by atoms with E-state index in [1.165, 1.54) is 5.57 Å². The number of hydrogen-bond acceptors (Lipinski definition) is 2. The Morgan fingerprint density at radius 2 is 2.44 bits per heavy atom. The van der Waals surface area contributed by atoms with Crippen LogP contribution in [0.15, 0.2) is 23.5 Å². The molecule has 0 amide bonds. The molecule has 0 aromatic carbocycles. The molecule has 0 aromatic rings. The molecule has 0 bridgehead atoms. The lowest BCUT2D eigenvalue weighted by atomic mass is 10.3. The van der Waals surface area contributed by atoms with Gasteiger partial charge in [0.15, 0.2) is 0 Å². The highest BCUT2D eigenvalue weighted by molar-refractivity contribution is 5.25. The topological polar surface area (TPSA) is 33.0 Å². The van der Waals surface area contributed by atoms with Crippen LogP contribution in [-0.2, 0) is 4.74 Å². The zero-order chi connectivity index (χ0) is 6.69. The summed E-state index contributed by atoms with van der Waals surface area (Å²) < 4.78 is 4.59. The molecule has 0 saturated heterocycles. The van der Waals surface area contributed by atoms with Crippen LogP contribution in [-0.4, -0.2) is 0 Å². The summed E-state index contributed by atoms with van der Waals surface area (Å²) in [5, 5.41) is 8.08. The SMILES string of the molecule is CC1=CC=C(OC#N)C1. The smallest absolute Gasteiger partial charge is 0.291 e. The van der Waals surface area contributed by atoms with E-state index in [2.05, 4.69) is 4.74 Å². The van der Waals surface area contributed by atoms with Crippen LogP contribution >= 0.6 is 0 Å². The average Bonchev–Trinajstić information content (AvgIpc) is 2.17. The highest BCUT2D eigenvalue weighted by Gasteiger charge is 2.03. The van der Waals surface area contributed by atoms with Gasteiger partial charge in [-0.1, -0.05) is 11.6 Å². The van der Waals surface area contributed by atoms with Gasteiger partial charge in [0.2, 0.25) is 0 Å². The molecule has 0 N–H and O–H groups in total. The Balaban J connectivity index is 2.46. The number of allylic oxidation sites excluding steroid dienone is 3. The number of ether oxygens (including phenoxy) is 1. The van der Waals surface area contributed by atoms with E-state index in [9.17, 15) is 0 Å². The lowest BCUT2D eigenvalue weighted by Gasteiger charge is -1.93. The van der Waals surface area contributed by atoms with Crippen molar-refractivity contribution in [2.45, 2.75) is 13.3 Å². The summed E-state index contributed by atoms with van der Waals surface area (Å²) in [6.07, 6.45) is 6.18. The molecule has 46 valence electrons. The summed E-state index contributed by atoms with van der Waals surface area (Å²) in [5.41, 5.74) is 1.24. The Morgan fingerprint density at radius 3 is 2.89 bits per heavy atom. The Morgan fingerprint density at radius 1 is 1.67 bits per heavy atom. The van der Waals surface area contributed by atoms with Gasteiger partial charge < -0.3 is 4.74 Å². The monoisotopic (exact) mass is 121 g/mol. The summed E-state index contributed by atoms with van der Waals surface area (Å²) >= 11 is 0. The minimum Gasteiger partial charge on any atom is -0.392 e. The second-order valence-corrected chi connectivity index (χ2v) is 2.02. The molecule has 0 aliphatic heterocycles. The van der Waals surface area contributed by atoms with Crippen molar-refractivity contribution in [3.05, 3.63) is 23.5 Å². The number of nitrogens with zero attached hydrogens (tertiary/aromatic N) is 1. The van der Waals surface area contributed by atoms with Gasteiger partial charge in [-0.25, -0.2) is 0 Å². The van der Waals surface area contributed by atoms with Gasteiger partial charge in [-0.05, 0) is 13.0 Å². The lowest BCUT2D eigenvalue weighted by molar-refractivity contribution is 0.367. The van der Waals surface area contributed by atoms with Gasteiger partial charge in [0, 0.05) is 6.42 Å². The second kappa shape index (κ2) is 2.36. The third-order valence-electron chi connectivity index (χ3n) is 1.18. The maximum atomic E-state index is 8.08. The predicted octanol–water partition coefficient (Wildman–Crippen LogP) is 1.72. The van der Waals surface area contributed by atoms with E-state index in [4.69, 9.17) is 5.26 Å². The van der Waals surface area contributed by atoms with Gasteiger partial charge >= 0.3 is 0 Å². The highest BCUT2D eigenvalue weighted by Crippen LogP contribution is 2.17. The van der Waals surface area contributed by atoms with Crippen molar-refractivity contribution in [3.8, 4) is 6.26 Å². The first-order valence-electron chi connectivity index (χ1n) is 2.75. The fourth-order valence-electron chi connectivity index (χ4n) is 0.757. The predicted molar refractivity (Wildman–Crippen MR) is 33.2 cm³/mol. The number of rotatable bonds is 1. The Bertz CT molecular complexity index is 207. The molecule has 0 unspecified atom stereocenters. The van der Waals surface area contributed by atoms with Crippen molar-refractivity contribution in [2.75, 3.05) is 0 Å². The van der Waals surface area contributed by atoms with Gasteiger partial charge in [0.25, 0.3) is 6.26 Å². The first-order valence-corrected chi connectivity index (χ1v) is 2.75. The highest BCUT2D eigenvalue weighted by atomic mass is 16.5. The van der Waals surface area contributed by atoms with Gasteiger partial charge in [-0.15, -0.1) is 5.26 Å². The molecule has 0 heterocycles. The molecule has 2 heteroatoms. The molecular formula is C7H7NO. The second-order valence-electron chi connectivity index (χ2n) is 2.02. The molecule has 1 aliphatic rings. The van der Waals surface area contributed by atoms with Crippen LogP contribution in [0.5, 0.6) is 0 Å². The van der Waals surface area contributed by atoms with Gasteiger partial charge in [-0.2, -0.15) is 0 Å². The normalized spacial score (nSPS) is 16.0. The van der Waals surface area contributed by atoms with Crippen LogP contribution in [0.1, 0.15) is 13.3 Å². The zero-order valence-corrected chi connectivity index (χ0v) is 5.22. The molecular weight excluding hydrogens is 114 g/mol. The minimum absolute atomic E-state index is 0.745.